The molecular formula is C21H19F2NO2. The molecule has 2 aromatic carbocycles. The lowest BCUT2D eigenvalue weighted by Gasteiger charge is -2.43. The van der Waals surface area contributed by atoms with Crippen LogP contribution in [0.15, 0.2) is 36.4 Å². The SMILES string of the molecule is O=C(O)c1ccc([C@@H]2Nc3c(F)cc(F)cc3[C@H]3[C@H]4CC[C@@H](C4)[C@H]32)cc1. The Morgan fingerprint density at radius 2 is 1.81 bits per heavy atom. The Morgan fingerprint density at radius 3 is 2.54 bits per heavy atom. The van der Waals surface area contributed by atoms with Gasteiger partial charge in [-0.3, -0.25) is 0 Å². The number of anilines is 1. The van der Waals surface area contributed by atoms with Gasteiger partial charge in [0.25, 0.3) is 0 Å². The zero-order valence-electron chi connectivity index (χ0n) is 14.1. The van der Waals surface area contributed by atoms with Crippen molar-refractivity contribution in [1.29, 1.82) is 0 Å². The molecule has 2 bridgehead atoms. The Labute approximate surface area is 150 Å². The van der Waals surface area contributed by atoms with E-state index in [4.69, 9.17) is 5.11 Å². The molecule has 1 aliphatic heterocycles. The molecule has 3 nitrogen and oxygen atoms in total. The lowest BCUT2D eigenvalue weighted by molar-refractivity contribution is 0.0697. The second-order valence-electron chi connectivity index (χ2n) is 7.84. The van der Waals surface area contributed by atoms with Gasteiger partial charge in [-0.25, -0.2) is 13.6 Å². The Morgan fingerprint density at radius 1 is 1.08 bits per heavy atom. The molecule has 5 heteroatoms. The molecule has 134 valence electrons. The van der Waals surface area contributed by atoms with Gasteiger partial charge in [-0.15, -0.1) is 0 Å². The molecule has 1 heterocycles. The third-order valence-electron chi connectivity index (χ3n) is 6.63. The highest BCUT2D eigenvalue weighted by Crippen LogP contribution is 2.63. The van der Waals surface area contributed by atoms with Crippen molar-refractivity contribution in [2.45, 2.75) is 31.2 Å². The maximum atomic E-state index is 14.5. The van der Waals surface area contributed by atoms with Gasteiger partial charge in [0.15, 0.2) is 0 Å². The number of carboxylic acids is 1. The quantitative estimate of drug-likeness (QED) is 0.800. The fourth-order valence-corrected chi connectivity index (χ4v) is 5.68. The summed E-state index contributed by atoms with van der Waals surface area (Å²) in [6.45, 7) is 0. The zero-order valence-corrected chi connectivity index (χ0v) is 14.1. The van der Waals surface area contributed by atoms with Gasteiger partial charge in [-0.1, -0.05) is 12.1 Å². The number of carbonyl (C=O) groups is 1. The summed E-state index contributed by atoms with van der Waals surface area (Å²) in [5.74, 6) is -0.550. The zero-order chi connectivity index (χ0) is 18.0. The van der Waals surface area contributed by atoms with Gasteiger partial charge >= 0.3 is 5.97 Å². The highest BCUT2D eigenvalue weighted by molar-refractivity contribution is 5.87. The predicted octanol–water partition coefficient (Wildman–Crippen LogP) is 4.96. The molecule has 26 heavy (non-hydrogen) atoms. The number of aromatic carboxylic acids is 1. The number of hydrogen-bond donors (Lipinski definition) is 2. The van der Waals surface area contributed by atoms with E-state index in [1.54, 1.807) is 12.1 Å². The average Bonchev–Trinajstić information content (AvgIpc) is 3.23. The van der Waals surface area contributed by atoms with E-state index in [2.05, 4.69) is 5.32 Å². The van der Waals surface area contributed by atoms with E-state index in [9.17, 15) is 13.6 Å². The average molecular weight is 355 g/mol. The van der Waals surface area contributed by atoms with E-state index in [0.717, 1.165) is 36.5 Å². The van der Waals surface area contributed by atoms with E-state index in [1.807, 2.05) is 12.1 Å². The standard InChI is InChI=1S/C21H19F2NO2/c22-14-8-15-17-12-5-6-13(7-12)18(17)19(24-20(15)16(23)9-14)10-1-3-11(4-2-10)21(25)26/h1-4,8-9,12-13,17-19,24H,5-7H2,(H,25,26)/t12-,13-,17+,18+,19-/m0/s1. The van der Waals surface area contributed by atoms with Gasteiger partial charge in [-0.05, 0) is 72.3 Å². The highest BCUT2D eigenvalue weighted by atomic mass is 19.1. The number of benzene rings is 2. The van der Waals surface area contributed by atoms with Crippen molar-refractivity contribution in [1.82, 2.24) is 0 Å². The largest absolute Gasteiger partial charge is 0.478 e. The van der Waals surface area contributed by atoms with Crippen LogP contribution in [0.25, 0.3) is 0 Å². The molecular weight excluding hydrogens is 336 g/mol. The third-order valence-corrected chi connectivity index (χ3v) is 6.63. The van der Waals surface area contributed by atoms with Crippen LogP contribution in [0.2, 0.25) is 0 Å². The molecule has 2 saturated carbocycles. The number of rotatable bonds is 2. The van der Waals surface area contributed by atoms with E-state index in [1.165, 1.54) is 6.07 Å². The van der Waals surface area contributed by atoms with Crippen molar-refractivity contribution in [3.63, 3.8) is 0 Å². The molecule has 0 aromatic heterocycles. The first-order valence-electron chi connectivity index (χ1n) is 9.11. The van der Waals surface area contributed by atoms with E-state index < -0.39 is 17.6 Å². The fourth-order valence-electron chi connectivity index (χ4n) is 5.68. The summed E-state index contributed by atoms with van der Waals surface area (Å²) in [5.41, 5.74) is 2.39. The summed E-state index contributed by atoms with van der Waals surface area (Å²) in [7, 11) is 0. The van der Waals surface area contributed by atoms with Gasteiger partial charge in [0.05, 0.1) is 17.3 Å². The van der Waals surface area contributed by atoms with Crippen LogP contribution >= 0.6 is 0 Å². The van der Waals surface area contributed by atoms with Crippen molar-refractivity contribution in [2.75, 3.05) is 5.32 Å². The molecule has 0 amide bonds. The van der Waals surface area contributed by atoms with E-state index >= 15 is 0 Å². The lowest BCUT2D eigenvalue weighted by Crippen LogP contribution is -2.36. The summed E-state index contributed by atoms with van der Waals surface area (Å²) < 4.78 is 28.4. The topological polar surface area (TPSA) is 49.3 Å². The normalized spacial score (nSPS) is 31.2. The van der Waals surface area contributed by atoms with Crippen LogP contribution in [0, 0.1) is 29.4 Å². The van der Waals surface area contributed by atoms with Crippen molar-refractivity contribution < 1.29 is 18.7 Å². The summed E-state index contributed by atoms with van der Waals surface area (Å²) in [6.07, 6.45) is 3.39. The minimum atomic E-state index is -0.960. The Hall–Kier alpha value is -2.43. The number of nitrogens with one attached hydrogen (secondary N) is 1. The summed E-state index contributed by atoms with van der Waals surface area (Å²) in [6, 6.07) is 9.17. The predicted molar refractivity (Wildman–Crippen MR) is 93.2 cm³/mol. The number of carboxylic acid groups (broad SMARTS) is 1. The molecule has 2 aromatic rings. The first-order valence-corrected chi connectivity index (χ1v) is 9.11. The lowest BCUT2D eigenvalue weighted by atomic mass is 9.68. The molecule has 3 aliphatic rings. The second kappa shape index (κ2) is 5.53. The van der Waals surface area contributed by atoms with Crippen LogP contribution in [-0.2, 0) is 0 Å². The Bertz CT molecular complexity index is 896. The van der Waals surface area contributed by atoms with Gasteiger partial charge in [0.1, 0.15) is 11.6 Å². The number of fused-ring (bicyclic) bond motifs is 7. The van der Waals surface area contributed by atoms with Crippen molar-refractivity contribution in [2.24, 2.45) is 17.8 Å². The van der Waals surface area contributed by atoms with Crippen LogP contribution in [0.3, 0.4) is 0 Å². The first-order chi connectivity index (χ1) is 12.5. The highest BCUT2D eigenvalue weighted by Gasteiger charge is 2.54. The van der Waals surface area contributed by atoms with Gasteiger partial charge in [0.2, 0.25) is 0 Å². The second-order valence-corrected chi connectivity index (χ2v) is 7.84. The monoisotopic (exact) mass is 355 g/mol. The van der Waals surface area contributed by atoms with Crippen molar-refractivity contribution in [3.8, 4) is 0 Å². The molecule has 2 aliphatic carbocycles. The summed E-state index contributed by atoms with van der Waals surface area (Å²) >= 11 is 0. The molecule has 2 N–H and O–H groups in total. The van der Waals surface area contributed by atoms with Crippen LogP contribution in [0.4, 0.5) is 14.5 Å². The first kappa shape index (κ1) is 15.8. The maximum absolute atomic E-state index is 14.5. The maximum Gasteiger partial charge on any atom is 0.335 e. The summed E-state index contributed by atoms with van der Waals surface area (Å²) in [4.78, 5) is 11.1. The van der Waals surface area contributed by atoms with Crippen LogP contribution in [0.1, 0.15) is 52.7 Å². The molecule has 5 atom stereocenters. The van der Waals surface area contributed by atoms with Gasteiger partial charge in [0, 0.05) is 6.07 Å². The minimum absolute atomic E-state index is 0.0781. The molecule has 0 saturated heterocycles. The van der Waals surface area contributed by atoms with Crippen LogP contribution in [0.5, 0.6) is 0 Å². The van der Waals surface area contributed by atoms with Crippen LogP contribution in [-0.4, -0.2) is 11.1 Å². The van der Waals surface area contributed by atoms with E-state index in [0.29, 0.717) is 17.5 Å². The number of halogens is 2. The van der Waals surface area contributed by atoms with Gasteiger partial charge < -0.3 is 10.4 Å². The number of hydrogen-bond acceptors (Lipinski definition) is 2. The molecule has 0 radical (unpaired) electrons. The minimum Gasteiger partial charge on any atom is -0.478 e. The summed E-state index contributed by atoms with van der Waals surface area (Å²) in [5, 5.41) is 12.4. The molecule has 5 rings (SSSR count). The molecule has 2 fully saturated rings. The van der Waals surface area contributed by atoms with Gasteiger partial charge in [-0.2, -0.15) is 0 Å². The molecule has 0 spiro atoms. The Balaban J connectivity index is 1.61. The van der Waals surface area contributed by atoms with Crippen molar-refractivity contribution in [3.05, 3.63) is 64.7 Å². The van der Waals surface area contributed by atoms with Crippen molar-refractivity contribution >= 4 is 11.7 Å². The van der Waals surface area contributed by atoms with E-state index in [-0.39, 0.29) is 23.4 Å². The third kappa shape index (κ3) is 2.19. The molecule has 0 unspecified atom stereocenters. The fraction of sp³-hybridized carbons (Fsp3) is 0.381. The Kier molecular flexibility index (Phi) is 3.36. The smallest absolute Gasteiger partial charge is 0.335 e. The van der Waals surface area contributed by atoms with Crippen LogP contribution < -0.4 is 5.32 Å².